The molecule has 1 aromatic carbocycles. The van der Waals surface area contributed by atoms with Crippen LogP contribution in [0.2, 0.25) is 0 Å². The Bertz CT molecular complexity index is 617. The third-order valence-corrected chi connectivity index (χ3v) is 2.87. The zero-order valence-electron chi connectivity index (χ0n) is 10.2. The molecule has 8 heteroatoms. The number of hydrogen-bond acceptors (Lipinski definition) is 3. The Kier molecular flexibility index (Phi) is 5.32. The summed E-state index contributed by atoms with van der Waals surface area (Å²) in [6.45, 7) is 0. The van der Waals surface area contributed by atoms with E-state index in [4.69, 9.17) is 9.90 Å². The molecule has 0 fully saturated rings. The Hall–Kier alpha value is -1.83. The number of nitrogens with zero attached hydrogens (tertiary/aromatic N) is 1. The number of nitrogens with one attached hydrogen (secondary N) is 1. The van der Waals surface area contributed by atoms with E-state index in [2.05, 4.69) is 32.3 Å². The summed E-state index contributed by atoms with van der Waals surface area (Å²) in [6, 6.07) is 8.03. The van der Waals surface area contributed by atoms with E-state index in [0.717, 1.165) is 21.1 Å². The summed E-state index contributed by atoms with van der Waals surface area (Å²) in [5.41, 5.74) is 2.10. The van der Waals surface area contributed by atoms with E-state index in [9.17, 15) is 13.2 Å². The van der Waals surface area contributed by atoms with Gasteiger partial charge in [0.15, 0.2) is 0 Å². The molecular formula is C12H10BrF3N2O2. The second-order valence-electron chi connectivity index (χ2n) is 3.55. The Morgan fingerprint density at radius 3 is 2.45 bits per heavy atom. The number of aromatic nitrogens is 1. The van der Waals surface area contributed by atoms with Gasteiger partial charge >= 0.3 is 12.1 Å². The van der Waals surface area contributed by atoms with E-state index in [0.29, 0.717) is 0 Å². The minimum absolute atomic E-state index is 0.995. The van der Waals surface area contributed by atoms with Crippen LogP contribution in [0, 0.1) is 0 Å². The van der Waals surface area contributed by atoms with Gasteiger partial charge in [0.25, 0.3) is 0 Å². The molecule has 0 amide bonds. The van der Waals surface area contributed by atoms with Crippen LogP contribution in [0.4, 0.5) is 18.9 Å². The lowest BCUT2D eigenvalue weighted by atomic mass is 10.2. The number of aliphatic carboxylic acids is 1. The highest BCUT2D eigenvalue weighted by atomic mass is 79.9. The second-order valence-corrected chi connectivity index (χ2v) is 4.40. The van der Waals surface area contributed by atoms with Gasteiger partial charge in [-0.3, -0.25) is 4.98 Å². The zero-order chi connectivity index (χ0) is 15.3. The van der Waals surface area contributed by atoms with Crippen LogP contribution in [-0.2, 0) is 4.79 Å². The highest BCUT2D eigenvalue weighted by Gasteiger charge is 2.38. The second kappa shape index (κ2) is 6.56. The number of halogens is 4. The molecule has 1 aromatic heterocycles. The Morgan fingerprint density at radius 1 is 1.35 bits per heavy atom. The maximum atomic E-state index is 10.6. The number of para-hydroxylation sites is 1. The number of carboxylic acid groups (broad SMARTS) is 1. The number of alkyl halides is 3. The van der Waals surface area contributed by atoms with Crippen molar-refractivity contribution in [2.75, 3.05) is 12.4 Å². The first-order chi connectivity index (χ1) is 9.27. The van der Waals surface area contributed by atoms with Crippen LogP contribution in [0.3, 0.4) is 0 Å². The lowest BCUT2D eigenvalue weighted by Crippen LogP contribution is -2.21. The third-order valence-electron chi connectivity index (χ3n) is 2.23. The molecule has 2 aromatic rings. The van der Waals surface area contributed by atoms with Crippen LogP contribution in [0.1, 0.15) is 0 Å². The van der Waals surface area contributed by atoms with Crippen molar-refractivity contribution in [1.82, 2.24) is 4.98 Å². The summed E-state index contributed by atoms with van der Waals surface area (Å²) in [5, 5.41) is 11.4. The number of carbonyl (C=O) groups is 1. The van der Waals surface area contributed by atoms with E-state index in [1.54, 1.807) is 6.20 Å². The molecule has 0 radical (unpaired) electrons. The topological polar surface area (TPSA) is 62.2 Å². The predicted octanol–water partition coefficient (Wildman–Crippen LogP) is 3.67. The van der Waals surface area contributed by atoms with Crippen LogP contribution in [-0.4, -0.2) is 29.3 Å². The molecule has 0 unspecified atom stereocenters. The van der Waals surface area contributed by atoms with Crippen molar-refractivity contribution in [3.8, 4) is 0 Å². The van der Waals surface area contributed by atoms with Crippen LogP contribution < -0.4 is 5.32 Å². The summed E-state index contributed by atoms with van der Waals surface area (Å²) < 4.78 is 32.8. The molecule has 0 atom stereocenters. The lowest BCUT2D eigenvalue weighted by molar-refractivity contribution is -0.192. The van der Waals surface area contributed by atoms with Gasteiger partial charge in [-0.05, 0) is 28.1 Å². The van der Waals surface area contributed by atoms with Crippen LogP contribution >= 0.6 is 15.9 Å². The van der Waals surface area contributed by atoms with Crippen molar-refractivity contribution in [2.45, 2.75) is 6.18 Å². The fourth-order valence-electron chi connectivity index (χ4n) is 1.36. The quantitative estimate of drug-likeness (QED) is 0.823. The van der Waals surface area contributed by atoms with Crippen molar-refractivity contribution in [3.63, 3.8) is 0 Å². The van der Waals surface area contributed by atoms with Gasteiger partial charge in [0, 0.05) is 28.8 Å². The number of hydrogen-bond donors (Lipinski definition) is 2. The van der Waals surface area contributed by atoms with Gasteiger partial charge in [0.2, 0.25) is 0 Å². The first-order valence-electron chi connectivity index (χ1n) is 5.28. The number of fused-ring (bicyclic) bond motifs is 1. The van der Waals surface area contributed by atoms with Gasteiger partial charge < -0.3 is 10.4 Å². The van der Waals surface area contributed by atoms with Crippen molar-refractivity contribution in [1.29, 1.82) is 0 Å². The van der Waals surface area contributed by atoms with Gasteiger partial charge in [-0.1, -0.05) is 12.1 Å². The zero-order valence-corrected chi connectivity index (χ0v) is 11.8. The summed E-state index contributed by atoms with van der Waals surface area (Å²) in [6.07, 6.45) is -3.28. The molecule has 2 N–H and O–H groups in total. The Labute approximate surface area is 120 Å². The molecular weight excluding hydrogens is 341 g/mol. The first kappa shape index (κ1) is 16.2. The molecule has 2 rings (SSSR count). The standard InChI is InChI=1S/C10H9BrN2.C2HF3O2/c1-12-9-5-6-13-10-7(9)3-2-4-8(10)11;3-2(4,5)1(6)7/h2-6H,1H3,(H,12,13);(H,6,7). The first-order valence-corrected chi connectivity index (χ1v) is 6.07. The van der Waals surface area contributed by atoms with Gasteiger partial charge in [0.05, 0.1) is 5.52 Å². The van der Waals surface area contributed by atoms with Crippen molar-refractivity contribution in [3.05, 3.63) is 34.9 Å². The SMILES string of the molecule is CNc1ccnc2c(Br)cccc12.O=C(O)C(F)(F)F. The normalized spacial score (nSPS) is 10.7. The third kappa shape index (κ3) is 4.09. The Balaban J connectivity index is 0.000000246. The number of benzene rings is 1. The molecule has 0 aliphatic heterocycles. The van der Waals surface area contributed by atoms with E-state index >= 15 is 0 Å². The van der Waals surface area contributed by atoms with Crippen LogP contribution in [0.5, 0.6) is 0 Å². The molecule has 0 aliphatic rings. The molecule has 0 saturated heterocycles. The van der Waals surface area contributed by atoms with Crippen LogP contribution in [0.25, 0.3) is 10.9 Å². The Morgan fingerprint density at radius 2 is 1.95 bits per heavy atom. The molecule has 0 spiro atoms. The lowest BCUT2D eigenvalue weighted by Gasteiger charge is -2.05. The number of anilines is 1. The minimum Gasteiger partial charge on any atom is -0.475 e. The number of carboxylic acids is 1. The van der Waals surface area contributed by atoms with Gasteiger partial charge in [-0.2, -0.15) is 13.2 Å². The summed E-state index contributed by atoms with van der Waals surface area (Å²) in [4.78, 5) is 13.2. The van der Waals surface area contributed by atoms with Crippen LogP contribution in [0.15, 0.2) is 34.9 Å². The molecule has 0 saturated carbocycles. The van der Waals surface area contributed by atoms with E-state index in [1.165, 1.54) is 0 Å². The summed E-state index contributed by atoms with van der Waals surface area (Å²) in [7, 11) is 1.91. The number of pyridine rings is 1. The van der Waals surface area contributed by atoms with E-state index < -0.39 is 12.1 Å². The smallest absolute Gasteiger partial charge is 0.475 e. The minimum atomic E-state index is -5.08. The molecule has 4 nitrogen and oxygen atoms in total. The largest absolute Gasteiger partial charge is 0.490 e. The van der Waals surface area contributed by atoms with Crippen molar-refractivity contribution < 1.29 is 23.1 Å². The van der Waals surface area contributed by atoms with Crippen molar-refractivity contribution in [2.24, 2.45) is 0 Å². The fraction of sp³-hybridized carbons (Fsp3) is 0.167. The molecule has 0 bridgehead atoms. The van der Waals surface area contributed by atoms with E-state index in [-0.39, 0.29) is 0 Å². The molecule has 20 heavy (non-hydrogen) atoms. The summed E-state index contributed by atoms with van der Waals surface area (Å²) >= 11 is 3.47. The highest BCUT2D eigenvalue weighted by molar-refractivity contribution is 9.10. The van der Waals surface area contributed by atoms with Gasteiger partial charge in [0.1, 0.15) is 0 Å². The highest BCUT2D eigenvalue weighted by Crippen LogP contribution is 2.26. The maximum absolute atomic E-state index is 10.6. The average molecular weight is 351 g/mol. The maximum Gasteiger partial charge on any atom is 0.490 e. The number of rotatable bonds is 1. The average Bonchev–Trinajstić information content (AvgIpc) is 2.38. The van der Waals surface area contributed by atoms with E-state index in [1.807, 2.05) is 25.2 Å². The molecule has 1 heterocycles. The fourth-order valence-corrected chi connectivity index (χ4v) is 1.83. The monoisotopic (exact) mass is 350 g/mol. The molecule has 108 valence electrons. The summed E-state index contributed by atoms with van der Waals surface area (Å²) in [5.74, 6) is -2.76. The van der Waals surface area contributed by atoms with Crippen molar-refractivity contribution >= 4 is 38.5 Å². The molecule has 0 aliphatic carbocycles. The van der Waals surface area contributed by atoms with Gasteiger partial charge in [-0.25, -0.2) is 4.79 Å². The predicted molar refractivity (Wildman–Crippen MR) is 72.7 cm³/mol. The van der Waals surface area contributed by atoms with Gasteiger partial charge in [-0.15, -0.1) is 0 Å².